The summed E-state index contributed by atoms with van der Waals surface area (Å²) in [7, 11) is 0. The second-order valence-corrected chi connectivity index (χ2v) is 4.76. The third-order valence-corrected chi connectivity index (χ3v) is 3.20. The van der Waals surface area contributed by atoms with Crippen LogP contribution in [0.3, 0.4) is 0 Å². The van der Waals surface area contributed by atoms with Gasteiger partial charge in [0.2, 0.25) is 0 Å². The van der Waals surface area contributed by atoms with Crippen LogP contribution in [0.25, 0.3) is 0 Å². The van der Waals surface area contributed by atoms with Crippen molar-refractivity contribution < 1.29 is 9.28 Å². The van der Waals surface area contributed by atoms with Gasteiger partial charge in [0.25, 0.3) is 5.91 Å². The molecule has 0 saturated carbocycles. The highest BCUT2D eigenvalue weighted by atomic mass is 19.2. The van der Waals surface area contributed by atoms with Gasteiger partial charge in [-0.25, -0.2) is 0 Å². The molecule has 0 saturated heterocycles. The minimum Gasteiger partial charge on any atom is -0.266 e. The van der Waals surface area contributed by atoms with Crippen LogP contribution in [0.5, 0.6) is 0 Å². The molecular formula is C14H20FNO. The second kappa shape index (κ2) is 5.30. The van der Waals surface area contributed by atoms with Crippen molar-refractivity contribution in [2.45, 2.75) is 46.1 Å². The Morgan fingerprint density at radius 3 is 2.41 bits per heavy atom. The molecule has 1 aromatic rings. The monoisotopic (exact) mass is 237 g/mol. The van der Waals surface area contributed by atoms with E-state index in [-0.39, 0.29) is 0 Å². The summed E-state index contributed by atoms with van der Waals surface area (Å²) in [6.45, 7) is 7.27. The lowest BCUT2D eigenvalue weighted by molar-refractivity contribution is -0.0408. The molecule has 0 radical (unpaired) electrons. The van der Waals surface area contributed by atoms with Crippen LogP contribution < -0.4 is 0 Å². The molecule has 1 rings (SSSR count). The first-order valence-electron chi connectivity index (χ1n) is 6.02. The Kier molecular flexibility index (Phi) is 4.27. The number of amides is 1. The van der Waals surface area contributed by atoms with E-state index in [1.807, 2.05) is 26.0 Å². The number of halogens is 1. The molecular weight excluding hydrogens is 217 g/mol. The van der Waals surface area contributed by atoms with Gasteiger partial charge in [0.1, 0.15) is 0 Å². The minimum atomic E-state index is -0.766. The largest absolute Gasteiger partial charge is 0.282 e. The standard InChI is InChI=1S/C14H20FNO/c1-5-11-9-7-8-10-12(11)13(17)16(15)14(3,4)6-2/h7-10H,5-6H2,1-4H3. The van der Waals surface area contributed by atoms with Crippen LogP contribution in [0.4, 0.5) is 4.48 Å². The van der Waals surface area contributed by atoms with Gasteiger partial charge >= 0.3 is 0 Å². The topological polar surface area (TPSA) is 20.3 Å². The molecule has 0 aliphatic carbocycles. The van der Waals surface area contributed by atoms with E-state index in [1.54, 1.807) is 26.0 Å². The van der Waals surface area contributed by atoms with Gasteiger partial charge in [0.15, 0.2) is 0 Å². The number of rotatable bonds is 4. The summed E-state index contributed by atoms with van der Waals surface area (Å²) in [6.07, 6.45) is 1.30. The fraction of sp³-hybridized carbons (Fsp3) is 0.500. The highest BCUT2D eigenvalue weighted by Crippen LogP contribution is 2.23. The molecule has 0 N–H and O–H groups in total. The molecule has 1 aromatic carbocycles. The van der Waals surface area contributed by atoms with Crippen molar-refractivity contribution in [3.05, 3.63) is 35.4 Å². The zero-order valence-electron chi connectivity index (χ0n) is 11.0. The Morgan fingerprint density at radius 1 is 1.29 bits per heavy atom. The second-order valence-electron chi connectivity index (χ2n) is 4.76. The number of hydrogen-bond acceptors (Lipinski definition) is 1. The number of aryl methyl sites for hydroxylation is 1. The van der Waals surface area contributed by atoms with Crippen LogP contribution in [-0.4, -0.2) is 16.6 Å². The molecule has 0 atom stereocenters. The molecule has 0 aliphatic rings. The summed E-state index contributed by atoms with van der Waals surface area (Å²) in [5, 5.41) is 0.349. The van der Waals surface area contributed by atoms with Crippen LogP contribution in [0.15, 0.2) is 24.3 Å². The van der Waals surface area contributed by atoms with E-state index in [4.69, 9.17) is 0 Å². The van der Waals surface area contributed by atoms with Crippen molar-refractivity contribution in [3.8, 4) is 0 Å². The van der Waals surface area contributed by atoms with Crippen LogP contribution in [0, 0.1) is 0 Å². The number of hydrogen-bond donors (Lipinski definition) is 0. The van der Waals surface area contributed by atoms with E-state index in [1.165, 1.54) is 0 Å². The molecule has 0 fully saturated rings. The smallest absolute Gasteiger partial charge is 0.266 e. The van der Waals surface area contributed by atoms with E-state index in [0.717, 1.165) is 12.0 Å². The van der Waals surface area contributed by atoms with Gasteiger partial charge in [0.05, 0.1) is 5.54 Å². The minimum absolute atomic E-state index is 0.349. The van der Waals surface area contributed by atoms with Crippen molar-refractivity contribution in [1.29, 1.82) is 0 Å². The van der Waals surface area contributed by atoms with Crippen molar-refractivity contribution in [2.75, 3.05) is 0 Å². The average Bonchev–Trinajstić information content (AvgIpc) is 2.36. The molecule has 0 aromatic heterocycles. The highest BCUT2D eigenvalue weighted by molar-refractivity contribution is 5.95. The summed E-state index contributed by atoms with van der Waals surface area (Å²) in [5.74, 6) is -0.547. The fourth-order valence-corrected chi connectivity index (χ4v) is 1.56. The maximum Gasteiger partial charge on any atom is 0.282 e. The van der Waals surface area contributed by atoms with Crippen molar-refractivity contribution in [1.82, 2.24) is 5.12 Å². The summed E-state index contributed by atoms with van der Waals surface area (Å²) in [4.78, 5) is 12.1. The number of benzene rings is 1. The summed E-state index contributed by atoms with van der Waals surface area (Å²) in [5.41, 5.74) is 0.573. The lowest BCUT2D eigenvalue weighted by Gasteiger charge is -2.30. The third-order valence-electron chi connectivity index (χ3n) is 3.20. The first kappa shape index (κ1) is 13.7. The van der Waals surface area contributed by atoms with Crippen molar-refractivity contribution in [3.63, 3.8) is 0 Å². The molecule has 1 amide bonds. The Bertz CT molecular complexity index is 401. The molecule has 0 bridgehead atoms. The number of carbonyl (C=O) groups is 1. The fourth-order valence-electron chi connectivity index (χ4n) is 1.56. The number of nitrogens with zero attached hydrogens (tertiary/aromatic N) is 1. The van der Waals surface area contributed by atoms with Crippen molar-refractivity contribution in [2.24, 2.45) is 0 Å². The summed E-state index contributed by atoms with van der Waals surface area (Å²) < 4.78 is 14.1. The Balaban J connectivity index is 3.04. The molecule has 0 heterocycles. The molecule has 94 valence electrons. The zero-order chi connectivity index (χ0) is 13.1. The summed E-state index contributed by atoms with van der Waals surface area (Å²) >= 11 is 0. The predicted octanol–water partition coefficient (Wildman–Crippen LogP) is 3.76. The van der Waals surface area contributed by atoms with Gasteiger partial charge < -0.3 is 0 Å². The predicted molar refractivity (Wildman–Crippen MR) is 67.5 cm³/mol. The van der Waals surface area contributed by atoms with Gasteiger partial charge in [-0.1, -0.05) is 36.5 Å². The Labute approximate surface area is 102 Å². The first-order valence-corrected chi connectivity index (χ1v) is 6.02. The molecule has 0 spiro atoms. The maximum atomic E-state index is 14.1. The van der Waals surface area contributed by atoms with E-state index >= 15 is 0 Å². The van der Waals surface area contributed by atoms with Crippen molar-refractivity contribution >= 4 is 5.91 Å². The quantitative estimate of drug-likeness (QED) is 0.730. The molecule has 2 nitrogen and oxygen atoms in total. The van der Waals surface area contributed by atoms with E-state index in [9.17, 15) is 9.28 Å². The van der Waals surface area contributed by atoms with Crippen LogP contribution in [0.1, 0.15) is 50.0 Å². The van der Waals surface area contributed by atoms with E-state index < -0.39 is 11.4 Å². The highest BCUT2D eigenvalue weighted by Gasteiger charge is 2.31. The van der Waals surface area contributed by atoms with Crippen LogP contribution in [0.2, 0.25) is 0 Å². The lowest BCUT2D eigenvalue weighted by atomic mass is 9.99. The SMILES string of the molecule is CCc1ccccc1C(=O)N(F)C(C)(C)CC. The van der Waals surface area contributed by atoms with E-state index in [2.05, 4.69) is 0 Å². The molecule has 0 unspecified atom stereocenters. The lowest BCUT2D eigenvalue weighted by Crippen LogP contribution is -2.41. The van der Waals surface area contributed by atoms with Crippen LogP contribution in [-0.2, 0) is 6.42 Å². The maximum absolute atomic E-state index is 14.1. The third kappa shape index (κ3) is 2.84. The first-order chi connectivity index (χ1) is 7.94. The van der Waals surface area contributed by atoms with E-state index in [0.29, 0.717) is 17.1 Å². The van der Waals surface area contributed by atoms with Gasteiger partial charge in [0, 0.05) is 5.56 Å². The number of carbonyl (C=O) groups excluding carboxylic acids is 1. The Hall–Kier alpha value is -1.38. The van der Waals surface area contributed by atoms with Gasteiger partial charge in [-0.05, 0) is 38.3 Å². The molecule has 0 aliphatic heterocycles. The average molecular weight is 237 g/mol. The van der Waals surface area contributed by atoms with Gasteiger partial charge in [-0.15, -0.1) is 0 Å². The molecule has 17 heavy (non-hydrogen) atoms. The van der Waals surface area contributed by atoms with Gasteiger partial charge in [-0.3, -0.25) is 4.79 Å². The normalized spacial score (nSPS) is 11.4. The molecule has 3 heteroatoms. The Morgan fingerprint density at radius 2 is 1.88 bits per heavy atom. The van der Waals surface area contributed by atoms with Gasteiger partial charge in [-0.2, -0.15) is 5.12 Å². The van der Waals surface area contributed by atoms with Crippen LogP contribution >= 0.6 is 0 Å². The summed E-state index contributed by atoms with van der Waals surface area (Å²) in [6, 6.07) is 7.17. The zero-order valence-corrected chi connectivity index (χ0v) is 11.0.